The lowest BCUT2D eigenvalue weighted by Crippen LogP contribution is -2.52. The molecule has 2 aromatic rings. The Morgan fingerprint density at radius 2 is 2.08 bits per heavy atom. The Kier molecular flexibility index (Phi) is 6.06. The molecule has 0 radical (unpaired) electrons. The molecule has 1 aromatic carbocycles. The number of piperazine rings is 1. The Morgan fingerprint density at radius 3 is 2.81 bits per heavy atom. The SMILES string of the molecule is Cc1nn(Cc2ccccc2)c(C)c1CNC(=O)CN1CCNC[C@H]1C. The lowest BCUT2D eigenvalue weighted by Gasteiger charge is -2.33. The Hall–Kier alpha value is -2.18. The largest absolute Gasteiger partial charge is 0.351 e. The van der Waals surface area contributed by atoms with Crippen molar-refractivity contribution in [3.8, 4) is 0 Å². The fourth-order valence-electron chi connectivity index (χ4n) is 3.45. The number of hydrogen-bond donors (Lipinski definition) is 2. The van der Waals surface area contributed by atoms with Crippen LogP contribution >= 0.6 is 0 Å². The molecule has 1 aromatic heterocycles. The van der Waals surface area contributed by atoms with E-state index in [0.717, 1.165) is 43.1 Å². The van der Waals surface area contributed by atoms with Gasteiger partial charge in [-0.1, -0.05) is 30.3 Å². The van der Waals surface area contributed by atoms with Gasteiger partial charge in [0.2, 0.25) is 5.91 Å². The van der Waals surface area contributed by atoms with Crippen molar-refractivity contribution < 1.29 is 4.79 Å². The molecule has 1 amide bonds. The summed E-state index contributed by atoms with van der Waals surface area (Å²) < 4.78 is 2.02. The molecular weight excluding hydrogens is 326 g/mol. The van der Waals surface area contributed by atoms with Crippen LogP contribution in [-0.2, 0) is 17.9 Å². The topological polar surface area (TPSA) is 62.2 Å². The molecule has 0 bridgehead atoms. The lowest BCUT2D eigenvalue weighted by atomic mass is 10.2. The second-order valence-electron chi connectivity index (χ2n) is 7.09. The molecule has 26 heavy (non-hydrogen) atoms. The Bertz CT molecular complexity index is 740. The summed E-state index contributed by atoms with van der Waals surface area (Å²) in [6.07, 6.45) is 0. The van der Waals surface area contributed by atoms with E-state index in [9.17, 15) is 4.79 Å². The van der Waals surface area contributed by atoms with Gasteiger partial charge in [-0.3, -0.25) is 14.4 Å². The fourth-order valence-corrected chi connectivity index (χ4v) is 3.45. The molecule has 2 heterocycles. The van der Waals surface area contributed by atoms with Crippen LogP contribution in [0.5, 0.6) is 0 Å². The number of amides is 1. The van der Waals surface area contributed by atoms with Gasteiger partial charge in [0.25, 0.3) is 0 Å². The van der Waals surface area contributed by atoms with Gasteiger partial charge in [-0.05, 0) is 26.3 Å². The van der Waals surface area contributed by atoms with Crippen molar-refractivity contribution in [2.24, 2.45) is 0 Å². The van der Waals surface area contributed by atoms with Crippen LogP contribution in [0.4, 0.5) is 0 Å². The van der Waals surface area contributed by atoms with E-state index in [4.69, 9.17) is 0 Å². The predicted octanol–water partition coefficient (Wildman–Crippen LogP) is 1.46. The lowest BCUT2D eigenvalue weighted by molar-refractivity contribution is -0.123. The molecule has 1 fully saturated rings. The zero-order valence-corrected chi connectivity index (χ0v) is 16.0. The van der Waals surface area contributed by atoms with Gasteiger partial charge < -0.3 is 10.6 Å². The summed E-state index contributed by atoms with van der Waals surface area (Å²) in [5.41, 5.74) is 4.43. The van der Waals surface area contributed by atoms with Crippen LogP contribution in [0.2, 0.25) is 0 Å². The molecule has 1 saturated heterocycles. The first kappa shape index (κ1) is 18.6. The molecule has 6 heteroatoms. The van der Waals surface area contributed by atoms with Gasteiger partial charge in [-0.15, -0.1) is 0 Å². The van der Waals surface area contributed by atoms with E-state index in [0.29, 0.717) is 19.1 Å². The van der Waals surface area contributed by atoms with Gasteiger partial charge in [-0.2, -0.15) is 5.10 Å². The number of nitrogens with one attached hydrogen (secondary N) is 2. The normalized spacial score (nSPS) is 18.0. The molecule has 1 aliphatic heterocycles. The van der Waals surface area contributed by atoms with Gasteiger partial charge in [-0.25, -0.2) is 0 Å². The second kappa shape index (κ2) is 8.47. The fraction of sp³-hybridized carbons (Fsp3) is 0.500. The van der Waals surface area contributed by atoms with Crippen molar-refractivity contribution >= 4 is 5.91 Å². The minimum atomic E-state index is 0.0772. The van der Waals surface area contributed by atoms with Crippen molar-refractivity contribution in [2.45, 2.75) is 39.9 Å². The summed E-state index contributed by atoms with van der Waals surface area (Å²) in [4.78, 5) is 14.6. The highest BCUT2D eigenvalue weighted by Gasteiger charge is 2.20. The third kappa shape index (κ3) is 4.51. The third-order valence-electron chi connectivity index (χ3n) is 5.15. The van der Waals surface area contributed by atoms with Gasteiger partial charge in [0.15, 0.2) is 0 Å². The molecule has 6 nitrogen and oxygen atoms in total. The maximum absolute atomic E-state index is 12.4. The molecule has 1 atom stereocenters. The number of carbonyl (C=O) groups is 1. The standard InChI is InChI=1S/C20H29N5O/c1-15-11-21-9-10-24(15)14-20(26)22-12-19-16(2)23-25(17(19)3)13-18-7-5-4-6-8-18/h4-8,15,21H,9-14H2,1-3H3,(H,22,26)/t15-/m1/s1. The van der Waals surface area contributed by atoms with E-state index >= 15 is 0 Å². The maximum Gasteiger partial charge on any atom is 0.234 e. The molecule has 0 unspecified atom stereocenters. The second-order valence-corrected chi connectivity index (χ2v) is 7.09. The van der Waals surface area contributed by atoms with E-state index in [1.165, 1.54) is 5.56 Å². The summed E-state index contributed by atoms with van der Waals surface area (Å²) >= 11 is 0. The zero-order valence-electron chi connectivity index (χ0n) is 16.0. The molecule has 0 saturated carbocycles. The molecule has 2 N–H and O–H groups in total. The smallest absolute Gasteiger partial charge is 0.234 e. The Balaban J connectivity index is 1.58. The number of rotatable bonds is 6. The summed E-state index contributed by atoms with van der Waals surface area (Å²) in [7, 11) is 0. The van der Waals surface area contributed by atoms with Gasteiger partial charge in [0.1, 0.15) is 0 Å². The minimum absolute atomic E-state index is 0.0772. The van der Waals surface area contributed by atoms with Crippen molar-refractivity contribution in [1.82, 2.24) is 25.3 Å². The summed E-state index contributed by atoms with van der Waals surface area (Å²) in [5.74, 6) is 0.0772. The molecule has 0 spiro atoms. The monoisotopic (exact) mass is 355 g/mol. The highest BCUT2D eigenvalue weighted by Crippen LogP contribution is 2.14. The Labute approximate surface area is 155 Å². The van der Waals surface area contributed by atoms with E-state index in [-0.39, 0.29) is 5.91 Å². The summed E-state index contributed by atoms with van der Waals surface area (Å²) in [5, 5.41) is 11.1. The molecular formula is C20H29N5O. The average molecular weight is 355 g/mol. The van der Waals surface area contributed by atoms with E-state index in [2.05, 4.69) is 46.6 Å². The predicted molar refractivity (Wildman–Crippen MR) is 103 cm³/mol. The maximum atomic E-state index is 12.4. The van der Waals surface area contributed by atoms with E-state index in [1.807, 2.05) is 29.8 Å². The minimum Gasteiger partial charge on any atom is -0.351 e. The molecule has 140 valence electrons. The van der Waals surface area contributed by atoms with Crippen LogP contribution in [0.25, 0.3) is 0 Å². The number of aromatic nitrogens is 2. The number of hydrogen-bond acceptors (Lipinski definition) is 4. The van der Waals surface area contributed by atoms with E-state index in [1.54, 1.807) is 0 Å². The molecule has 0 aliphatic carbocycles. The van der Waals surface area contributed by atoms with Crippen LogP contribution in [0.15, 0.2) is 30.3 Å². The molecule has 1 aliphatic rings. The first-order valence-corrected chi connectivity index (χ1v) is 9.33. The summed E-state index contributed by atoms with van der Waals surface area (Å²) in [6, 6.07) is 10.7. The number of aryl methyl sites for hydroxylation is 1. The highest BCUT2D eigenvalue weighted by molar-refractivity contribution is 5.78. The number of carbonyl (C=O) groups excluding carboxylic acids is 1. The van der Waals surface area contributed by atoms with E-state index < -0.39 is 0 Å². The van der Waals surface area contributed by atoms with Crippen LogP contribution in [-0.4, -0.2) is 52.8 Å². The van der Waals surface area contributed by atoms with Crippen molar-refractivity contribution in [3.63, 3.8) is 0 Å². The van der Waals surface area contributed by atoms with Gasteiger partial charge in [0, 0.05) is 43.5 Å². The Morgan fingerprint density at radius 1 is 1.31 bits per heavy atom. The quantitative estimate of drug-likeness (QED) is 0.824. The van der Waals surface area contributed by atoms with Crippen molar-refractivity contribution in [2.75, 3.05) is 26.2 Å². The van der Waals surface area contributed by atoms with Crippen LogP contribution in [0.3, 0.4) is 0 Å². The van der Waals surface area contributed by atoms with Crippen molar-refractivity contribution in [1.29, 1.82) is 0 Å². The van der Waals surface area contributed by atoms with Gasteiger partial charge >= 0.3 is 0 Å². The summed E-state index contributed by atoms with van der Waals surface area (Å²) in [6.45, 7) is 10.8. The van der Waals surface area contributed by atoms with Crippen LogP contribution < -0.4 is 10.6 Å². The number of nitrogens with zero attached hydrogens (tertiary/aromatic N) is 3. The zero-order chi connectivity index (χ0) is 18.5. The first-order chi connectivity index (χ1) is 12.5. The third-order valence-corrected chi connectivity index (χ3v) is 5.15. The van der Waals surface area contributed by atoms with Gasteiger partial charge in [0.05, 0.1) is 18.8 Å². The highest BCUT2D eigenvalue weighted by atomic mass is 16.2. The van der Waals surface area contributed by atoms with Crippen LogP contribution in [0.1, 0.15) is 29.4 Å². The first-order valence-electron chi connectivity index (χ1n) is 9.33. The number of benzene rings is 1. The van der Waals surface area contributed by atoms with Crippen LogP contribution in [0, 0.1) is 13.8 Å². The van der Waals surface area contributed by atoms with Crippen molar-refractivity contribution in [3.05, 3.63) is 52.8 Å². The molecule has 3 rings (SSSR count). The average Bonchev–Trinajstić information content (AvgIpc) is 2.89.